The molecule has 2 rings (SSSR count). The van der Waals surface area contributed by atoms with Crippen molar-refractivity contribution in [2.45, 2.75) is 6.04 Å². The van der Waals surface area contributed by atoms with Gasteiger partial charge in [0, 0.05) is 11.1 Å². The van der Waals surface area contributed by atoms with Crippen molar-refractivity contribution in [3.63, 3.8) is 0 Å². The molecule has 0 aliphatic heterocycles. The third-order valence-electron chi connectivity index (χ3n) is 2.39. The van der Waals surface area contributed by atoms with Gasteiger partial charge in [0.1, 0.15) is 5.76 Å². The third-order valence-corrected chi connectivity index (χ3v) is 3.36. The Morgan fingerprint density at radius 1 is 1.56 bits per heavy atom. The van der Waals surface area contributed by atoms with Crippen LogP contribution in [0.2, 0.25) is 5.02 Å². The highest BCUT2D eigenvalue weighted by Gasteiger charge is 2.15. The minimum atomic E-state index is 0.0125. The molecule has 1 heterocycles. The summed E-state index contributed by atoms with van der Waals surface area (Å²) in [5.41, 5.74) is 3.46. The fourth-order valence-electron chi connectivity index (χ4n) is 1.60. The highest BCUT2D eigenvalue weighted by Crippen LogP contribution is 2.29. The molecule has 0 fully saturated rings. The van der Waals surface area contributed by atoms with Crippen LogP contribution < -0.4 is 11.3 Å². The maximum absolute atomic E-state index is 6.04. The number of rotatable bonds is 4. The normalized spacial score (nSPS) is 13.2. The van der Waals surface area contributed by atoms with Gasteiger partial charge in [-0.25, -0.2) is 5.43 Å². The van der Waals surface area contributed by atoms with Crippen molar-refractivity contribution in [3.05, 3.63) is 35.0 Å². The highest BCUT2D eigenvalue weighted by molar-refractivity contribution is 7.98. The average molecular weight is 257 g/mol. The van der Waals surface area contributed by atoms with Gasteiger partial charge in [-0.05, 0) is 18.4 Å². The van der Waals surface area contributed by atoms with E-state index in [1.165, 1.54) is 0 Å². The van der Waals surface area contributed by atoms with Crippen LogP contribution in [0, 0.1) is 0 Å². The Labute approximate surface area is 103 Å². The quantitative estimate of drug-likeness (QED) is 0.652. The molecule has 1 aromatic carbocycles. The molecule has 0 bridgehead atoms. The molecular weight excluding hydrogens is 244 g/mol. The van der Waals surface area contributed by atoms with E-state index < -0.39 is 0 Å². The fourth-order valence-corrected chi connectivity index (χ4v) is 2.41. The molecule has 0 radical (unpaired) electrons. The summed E-state index contributed by atoms with van der Waals surface area (Å²) < 4.78 is 5.72. The lowest BCUT2D eigenvalue weighted by Crippen LogP contribution is -2.29. The monoisotopic (exact) mass is 256 g/mol. The van der Waals surface area contributed by atoms with Crippen molar-refractivity contribution >= 4 is 34.3 Å². The second kappa shape index (κ2) is 5.10. The maximum atomic E-state index is 6.04. The minimum absolute atomic E-state index is 0.0125. The lowest BCUT2D eigenvalue weighted by Gasteiger charge is -2.10. The summed E-state index contributed by atoms with van der Waals surface area (Å²) in [5, 5.41) is 1.63. The van der Waals surface area contributed by atoms with Crippen LogP contribution in [0.15, 0.2) is 28.7 Å². The van der Waals surface area contributed by atoms with Crippen molar-refractivity contribution in [1.29, 1.82) is 0 Å². The van der Waals surface area contributed by atoms with Crippen LogP contribution in [-0.2, 0) is 0 Å². The molecule has 0 amide bonds. The number of para-hydroxylation sites is 1. The van der Waals surface area contributed by atoms with Crippen molar-refractivity contribution in [2.75, 3.05) is 12.0 Å². The molecule has 1 aromatic heterocycles. The standard InChI is InChI=1S/C11H13ClN2OS/c1-16-6-9(14-13)10-5-7-3-2-4-8(12)11(7)15-10/h2-5,9,14H,6,13H2,1H3. The van der Waals surface area contributed by atoms with E-state index in [1.54, 1.807) is 11.8 Å². The third kappa shape index (κ3) is 2.20. The molecule has 3 N–H and O–H groups in total. The Hall–Kier alpha value is -0.680. The molecule has 3 nitrogen and oxygen atoms in total. The van der Waals surface area contributed by atoms with Gasteiger partial charge in [0.2, 0.25) is 0 Å². The second-order valence-electron chi connectivity index (χ2n) is 3.48. The Bertz CT molecular complexity index is 486. The van der Waals surface area contributed by atoms with Crippen LogP contribution in [0.3, 0.4) is 0 Å². The highest BCUT2D eigenvalue weighted by atomic mass is 35.5. The van der Waals surface area contributed by atoms with Gasteiger partial charge in [0.25, 0.3) is 0 Å². The first-order valence-electron chi connectivity index (χ1n) is 4.89. The van der Waals surface area contributed by atoms with E-state index in [-0.39, 0.29) is 6.04 Å². The molecule has 16 heavy (non-hydrogen) atoms. The molecule has 5 heteroatoms. The minimum Gasteiger partial charge on any atom is -0.458 e. The zero-order valence-electron chi connectivity index (χ0n) is 8.87. The summed E-state index contributed by atoms with van der Waals surface area (Å²) >= 11 is 7.75. The van der Waals surface area contributed by atoms with Crippen molar-refractivity contribution in [2.24, 2.45) is 5.84 Å². The molecule has 0 spiro atoms. The number of furan rings is 1. The number of nitrogens with one attached hydrogen (secondary N) is 1. The van der Waals surface area contributed by atoms with E-state index in [9.17, 15) is 0 Å². The number of hydrogen-bond acceptors (Lipinski definition) is 4. The van der Waals surface area contributed by atoms with Crippen LogP contribution in [0.5, 0.6) is 0 Å². The summed E-state index contributed by atoms with van der Waals surface area (Å²) in [7, 11) is 0. The molecule has 86 valence electrons. The maximum Gasteiger partial charge on any atom is 0.152 e. The molecule has 0 saturated heterocycles. The molecule has 1 unspecified atom stereocenters. The van der Waals surface area contributed by atoms with Crippen LogP contribution in [0.4, 0.5) is 0 Å². The smallest absolute Gasteiger partial charge is 0.152 e. The summed E-state index contributed by atoms with van der Waals surface area (Å²) in [5.74, 6) is 7.17. The number of fused-ring (bicyclic) bond motifs is 1. The average Bonchev–Trinajstić information content (AvgIpc) is 2.71. The van der Waals surface area contributed by atoms with Gasteiger partial charge < -0.3 is 4.42 Å². The Kier molecular flexibility index (Phi) is 3.76. The number of halogens is 1. The van der Waals surface area contributed by atoms with Crippen molar-refractivity contribution in [1.82, 2.24) is 5.43 Å². The first kappa shape index (κ1) is 11.8. The number of thioether (sulfide) groups is 1. The molecule has 2 aromatic rings. The SMILES string of the molecule is CSCC(NN)c1cc2cccc(Cl)c2o1. The van der Waals surface area contributed by atoms with E-state index in [2.05, 4.69) is 5.43 Å². The molecule has 0 aliphatic rings. The van der Waals surface area contributed by atoms with Crippen LogP contribution >= 0.6 is 23.4 Å². The van der Waals surface area contributed by atoms with E-state index in [4.69, 9.17) is 21.9 Å². The van der Waals surface area contributed by atoms with E-state index in [1.807, 2.05) is 30.5 Å². The van der Waals surface area contributed by atoms with Crippen LogP contribution in [-0.4, -0.2) is 12.0 Å². The van der Waals surface area contributed by atoms with Gasteiger partial charge in [0.05, 0.1) is 11.1 Å². The first-order valence-corrected chi connectivity index (χ1v) is 6.66. The summed E-state index contributed by atoms with van der Waals surface area (Å²) in [4.78, 5) is 0. The van der Waals surface area contributed by atoms with Crippen LogP contribution in [0.1, 0.15) is 11.8 Å². The topological polar surface area (TPSA) is 51.2 Å². The zero-order valence-corrected chi connectivity index (χ0v) is 10.4. The van der Waals surface area contributed by atoms with Gasteiger partial charge in [-0.3, -0.25) is 5.84 Å². The first-order chi connectivity index (χ1) is 7.76. The van der Waals surface area contributed by atoms with Gasteiger partial charge in [0.15, 0.2) is 5.58 Å². The van der Waals surface area contributed by atoms with Crippen molar-refractivity contribution in [3.8, 4) is 0 Å². The lowest BCUT2D eigenvalue weighted by molar-refractivity contribution is 0.464. The van der Waals surface area contributed by atoms with E-state index >= 15 is 0 Å². The predicted octanol–water partition coefficient (Wildman–Crippen LogP) is 2.95. The van der Waals surface area contributed by atoms with Gasteiger partial charge in [-0.1, -0.05) is 23.7 Å². The number of hydrogen-bond donors (Lipinski definition) is 2. The van der Waals surface area contributed by atoms with Crippen molar-refractivity contribution < 1.29 is 4.42 Å². The zero-order chi connectivity index (χ0) is 11.5. The second-order valence-corrected chi connectivity index (χ2v) is 4.80. The molecule has 1 atom stereocenters. The largest absolute Gasteiger partial charge is 0.458 e. The number of nitrogens with two attached hydrogens (primary N) is 1. The van der Waals surface area contributed by atoms with Crippen LogP contribution in [0.25, 0.3) is 11.0 Å². The van der Waals surface area contributed by atoms with E-state index in [0.29, 0.717) is 5.02 Å². The fraction of sp³-hybridized carbons (Fsp3) is 0.273. The molecular formula is C11H13ClN2OS. The summed E-state index contributed by atoms with van der Waals surface area (Å²) in [6.07, 6.45) is 2.03. The Morgan fingerprint density at radius 3 is 3.00 bits per heavy atom. The predicted molar refractivity (Wildman–Crippen MR) is 69.7 cm³/mol. The van der Waals surface area contributed by atoms with Gasteiger partial charge in [-0.15, -0.1) is 0 Å². The summed E-state index contributed by atoms with van der Waals surface area (Å²) in [6, 6.07) is 7.68. The van der Waals surface area contributed by atoms with E-state index in [0.717, 1.165) is 22.5 Å². The summed E-state index contributed by atoms with van der Waals surface area (Å²) in [6.45, 7) is 0. The van der Waals surface area contributed by atoms with Gasteiger partial charge in [-0.2, -0.15) is 11.8 Å². The molecule has 0 aliphatic carbocycles. The molecule has 0 saturated carbocycles. The number of benzene rings is 1. The Balaban J connectivity index is 2.42. The Morgan fingerprint density at radius 2 is 2.38 bits per heavy atom. The van der Waals surface area contributed by atoms with Gasteiger partial charge >= 0.3 is 0 Å². The number of hydrazine groups is 1. The lowest BCUT2D eigenvalue weighted by atomic mass is 10.2.